The first kappa shape index (κ1) is 23.6. The van der Waals surface area contributed by atoms with Crippen LogP contribution in [0.4, 0.5) is 5.69 Å². The molecule has 0 saturated heterocycles. The number of rotatable bonds is 5. The maximum Gasteiger partial charge on any atom is 0.338 e. The second kappa shape index (κ2) is 9.35. The number of carbonyl (C=O) groups is 1. The smallest absolute Gasteiger partial charge is 0.338 e. The van der Waals surface area contributed by atoms with Gasteiger partial charge >= 0.3 is 11.7 Å². The Kier molecular flexibility index (Phi) is 6.49. The van der Waals surface area contributed by atoms with Gasteiger partial charge in [0.1, 0.15) is 0 Å². The molecule has 1 N–H and O–H groups in total. The minimum absolute atomic E-state index is 0.129. The number of nitrogens with zero attached hydrogens (tertiary/aromatic N) is 3. The van der Waals surface area contributed by atoms with Crippen molar-refractivity contribution in [2.24, 2.45) is 4.99 Å². The molecule has 2 aromatic carbocycles. The van der Waals surface area contributed by atoms with E-state index in [1.165, 1.54) is 29.9 Å². The van der Waals surface area contributed by atoms with E-state index in [4.69, 9.17) is 4.74 Å². The number of aromatic hydroxyl groups is 1. The first-order valence-electron chi connectivity index (χ1n) is 10.1. The van der Waals surface area contributed by atoms with E-state index in [-0.39, 0.29) is 14.6 Å². The third kappa shape index (κ3) is 4.08. The van der Waals surface area contributed by atoms with Crippen molar-refractivity contribution in [1.82, 2.24) is 4.57 Å². The lowest BCUT2D eigenvalue weighted by Gasteiger charge is -2.25. The summed E-state index contributed by atoms with van der Waals surface area (Å²) in [5, 5.41) is 21.2. The van der Waals surface area contributed by atoms with Gasteiger partial charge in [0.25, 0.3) is 5.56 Å². The predicted molar refractivity (Wildman–Crippen MR) is 129 cm³/mol. The first-order chi connectivity index (χ1) is 16.3. The zero-order valence-electron chi connectivity index (χ0n) is 18.0. The zero-order valence-corrected chi connectivity index (χ0v) is 20.4. The number of halogens is 1. The number of aromatic nitrogens is 1. The van der Waals surface area contributed by atoms with Crippen LogP contribution in [-0.2, 0) is 9.53 Å². The fraction of sp³-hybridized carbons (Fsp3) is 0.174. The van der Waals surface area contributed by atoms with Crippen LogP contribution in [0.3, 0.4) is 0 Å². The maximum atomic E-state index is 13.5. The summed E-state index contributed by atoms with van der Waals surface area (Å²) in [5.41, 5.74) is 0.993. The number of phenolic OH excluding ortho intramolecular Hbond substituents is 1. The monoisotopic (exact) mass is 543 g/mol. The van der Waals surface area contributed by atoms with Gasteiger partial charge in [0.15, 0.2) is 4.80 Å². The van der Waals surface area contributed by atoms with Gasteiger partial charge in [0.2, 0.25) is 5.75 Å². The summed E-state index contributed by atoms with van der Waals surface area (Å²) in [6.45, 7) is 1.87. The van der Waals surface area contributed by atoms with E-state index in [0.717, 1.165) is 16.9 Å². The number of methoxy groups -OCH3 is 1. The minimum Gasteiger partial charge on any atom is -0.501 e. The largest absolute Gasteiger partial charge is 0.501 e. The summed E-state index contributed by atoms with van der Waals surface area (Å²) in [4.78, 5) is 41.9. The van der Waals surface area contributed by atoms with Crippen LogP contribution < -0.4 is 14.9 Å². The van der Waals surface area contributed by atoms with E-state index in [0.29, 0.717) is 22.5 Å². The van der Waals surface area contributed by atoms with Crippen LogP contribution in [0.25, 0.3) is 6.08 Å². The SMILES string of the molecule is CCC1=C(C(=O)OC)[C@H](c2ccccc2)n2c(s/c(=C\c3cc(Br)c(O)c([N+](=O)[O-])c3)c2=O)=N1. The van der Waals surface area contributed by atoms with Crippen LogP contribution in [0, 0.1) is 10.1 Å². The molecule has 0 radical (unpaired) electrons. The highest BCUT2D eigenvalue weighted by molar-refractivity contribution is 9.10. The number of carbonyl (C=O) groups excluding carboxylic acids is 1. The van der Waals surface area contributed by atoms with Crippen molar-refractivity contribution < 1.29 is 19.6 Å². The number of fused-ring (bicyclic) bond motifs is 1. The standard InChI is InChI=1S/C23H18BrN3O6S/c1-3-15-18(22(30)33-2)19(13-7-5-4-6-8-13)26-21(29)17(34-23(26)25-15)11-12-9-14(24)20(28)16(10-12)27(31)32/h4-11,19,28H,3H2,1-2H3/b17-11-/t19-/m0/s1. The quantitative estimate of drug-likeness (QED) is 0.299. The number of hydrogen-bond acceptors (Lipinski definition) is 8. The fourth-order valence-electron chi connectivity index (χ4n) is 3.79. The lowest BCUT2D eigenvalue weighted by atomic mass is 9.95. The van der Waals surface area contributed by atoms with Gasteiger partial charge in [0, 0.05) is 6.07 Å². The third-order valence-electron chi connectivity index (χ3n) is 5.33. The van der Waals surface area contributed by atoms with Crippen molar-refractivity contribution in [1.29, 1.82) is 0 Å². The molecule has 2 heterocycles. The molecule has 34 heavy (non-hydrogen) atoms. The topological polar surface area (TPSA) is 124 Å². The Labute approximate surface area is 205 Å². The van der Waals surface area contributed by atoms with Crippen molar-refractivity contribution in [2.45, 2.75) is 19.4 Å². The second-order valence-corrected chi connectivity index (χ2v) is 9.19. The summed E-state index contributed by atoms with van der Waals surface area (Å²) >= 11 is 4.23. The Bertz CT molecular complexity index is 1520. The molecule has 1 aliphatic heterocycles. The molecular weight excluding hydrogens is 526 g/mol. The molecule has 0 unspecified atom stereocenters. The van der Waals surface area contributed by atoms with Crippen molar-refractivity contribution in [3.63, 3.8) is 0 Å². The molecule has 0 fully saturated rings. The Morgan fingerprint density at radius 2 is 2.06 bits per heavy atom. The Morgan fingerprint density at radius 1 is 1.35 bits per heavy atom. The van der Waals surface area contributed by atoms with Crippen LogP contribution in [-0.4, -0.2) is 27.7 Å². The first-order valence-corrected chi connectivity index (χ1v) is 11.7. The highest BCUT2D eigenvalue weighted by atomic mass is 79.9. The number of esters is 1. The van der Waals surface area contributed by atoms with Crippen LogP contribution in [0.1, 0.15) is 30.5 Å². The molecule has 1 aromatic heterocycles. The molecule has 11 heteroatoms. The van der Waals surface area contributed by atoms with Gasteiger partial charge in [0.05, 0.1) is 38.4 Å². The molecule has 0 saturated carbocycles. The normalized spacial score (nSPS) is 15.6. The van der Waals surface area contributed by atoms with E-state index in [1.807, 2.05) is 37.3 Å². The molecule has 4 rings (SSSR count). The molecule has 9 nitrogen and oxygen atoms in total. The number of hydrogen-bond donors (Lipinski definition) is 1. The lowest BCUT2D eigenvalue weighted by Crippen LogP contribution is -2.40. The number of ether oxygens (including phenoxy) is 1. The molecule has 0 bridgehead atoms. The van der Waals surface area contributed by atoms with Crippen LogP contribution >= 0.6 is 27.3 Å². The lowest BCUT2D eigenvalue weighted by molar-refractivity contribution is -0.386. The number of nitro benzene ring substituents is 1. The number of phenols is 1. The van der Waals surface area contributed by atoms with Crippen molar-refractivity contribution >= 4 is 45.0 Å². The Balaban J connectivity index is 2.00. The molecule has 3 aromatic rings. The van der Waals surface area contributed by atoms with Crippen LogP contribution in [0.5, 0.6) is 5.75 Å². The van der Waals surface area contributed by atoms with Crippen LogP contribution in [0.15, 0.2) is 68.0 Å². The summed E-state index contributed by atoms with van der Waals surface area (Å²) in [6.07, 6.45) is 1.95. The average molecular weight is 544 g/mol. The van der Waals surface area contributed by atoms with Gasteiger partial charge < -0.3 is 9.84 Å². The van der Waals surface area contributed by atoms with Crippen molar-refractivity contribution in [2.75, 3.05) is 7.11 Å². The molecule has 0 aliphatic carbocycles. The summed E-state index contributed by atoms with van der Waals surface area (Å²) in [7, 11) is 1.28. The molecule has 1 atom stereocenters. The zero-order chi connectivity index (χ0) is 24.6. The third-order valence-corrected chi connectivity index (χ3v) is 6.91. The van der Waals surface area contributed by atoms with Crippen molar-refractivity contribution in [3.05, 3.63) is 99.1 Å². The van der Waals surface area contributed by atoms with Gasteiger partial charge in [-0.15, -0.1) is 0 Å². The summed E-state index contributed by atoms with van der Waals surface area (Å²) in [5.74, 6) is -1.06. The van der Waals surface area contributed by atoms with E-state index in [1.54, 1.807) is 0 Å². The van der Waals surface area contributed by atoms with Gasteiger partial charge in [-0.1, -0.05) is 48.6 Å². The average Bonchev–Trinajstić information content (AvgIpc) is 3.14. The highest BCUT2D eigenvalue weighted by Crippen LogP contribution is 2.35. The highest BCUT2D eigenvalue weighted by Gasteiger charge is 2.33. The molecule has 0 amide bonds. The van der Waals surface area contributed by atoms with Gasteiger partial charge in [-0.05, 0) is 45.6 Å². The van der Waals surface area contributed by atoms with Gasteiger partial charge in [-0.3, -0.25) is 19.5 Å². The van der Waals surface area contributed by atoms with E-state index in [9.17, 15) is 24.8 Å². The van der Waals surface area contributed by atoms with E-state index < -0.39 is 33.9 Å². The number of benzene rings is 2. The fourth-order valence-corrected chi connectivity index (χ4v) is 5.28. The molecular formula is C23H18BrN3O6S. The molecule has 1 aliphatic rings. The van der Waals surface area contributed by atoms with E-state index >= 15 is 0 Å². The van der Waals surface area contributed by atoms with Crippen molar-refractivity contribution in [3.8, 4) is 5.75 Å². The second-order valence-electron chi connectivity index (χ2n) is 7.33. The van der Waals surface area contributed by atoms with Gasteiger partial charge in [-0.2, -0.15) is 0 Å². The summed E-state index contributed by atoms with van der Waals surface area (Å²) < 4.78 is 6.87. The minimum atomic E-state index is -0.733. The molecule has 0 spiro atoms. The summed E-state index contributed by atoms with van der Waals surface area (Å²) in [6, 6.07) is 11.1. The maximum absolute atomic E-state index is 13.5. The van der Waals surface area contributed by atoms with E-state index in [2.05, 4.69) is 20.9 Å². The Morgan fingerprint density at radius 3 is 2.68 bits per heavy atom. The number of nitro groups is 1. The number of thiazole rings is 1. The van der Waals surface area contributed by atoms with Crippen LogP contribution in [0.2, 0.25) is 0 Å². The number of allylic oxidation sites excluding steroid dienone is 1. The predicted octanol–water partition coefficient (Wildman–Crippen LogP) is 3.17. The molecule has 174 valence electrons. The van der Waals surface area contributed by atoms with Gasteiger partial charge in [-0.25, -0.2) is 9.79 Å². The Hall–Kier alpha value is -3.57.